The molecule has 1 saturated heterocycles. The maximum Gasteiger partial charge on any atom is 0.189 e. The normalized spacial score (nSPS) is 20.9. The van der Waals surface area contributed by atoms with Crippen molar-refractivity contribution >= 4 is 10.9 Å². The van der Waals surface area contributed by atoms with Gasteiger partial charge in [-0.05, 0) is 42.5 Å². The highest BCUT2D eigenvalue weighted by molar-refractivity contribution is 5.78. The molecule has 3 aromatic rings. The molecule has 0 spiro atoms. The molecule has 5 rings (SSSR count). The maximum absolute atomic E-state index is 12.4. The van der Waals surface area contributed by atoms with Crippen LogP contribution >= 0.6 is 0 Å². The van der Waals surface area contributed by atoms with Gasteiger partial charge in [-0.15, -0.1) is 0 Å². The van der Waals surface area contributed by atoms with Crippen molar-refractivity contribution < 1.29 is 0 Å². The van der Waals surface area contributed by atoms with Crippen molar-refractivity contribution in [2.45, 2.75) is 31.8 Å². The first-order valence-electron chi connectivity index (χ1n) is 10.4. The van der Waals surface area contributed by atoms with Gasteiger partial charge in [0, 0.05) is 61.4 Å². The zero-order chi connectivity index (χ0) is 18.9. The molecule has 0 saturated carbocycles. The van der Waals surface area contributed by atoms with E-state index in [0.29, 0.717) is 6.04 Å². The van der Waals surface area contributed by atoms with Crippen LogP contribution in [0.1, 0.15) is 23.2 Å². The highest BCUT2D eigenvalue weighted by Crippen LogP contribution is 2.25. The van der Waals surface area contributed by atoms with Gasteiger partial charge in [-0.1, -0.05) is 36.4 Å². The van der Waals surface area contributed by atoms with Crippen molar-refractivity contribution in [1.82, 2.24) is 14.8 Å². The smallest absolute Gasteiger partial charge is 0.189 e. The summed E-state index contributed by atoms with van der Waals surface area (Å²) in [5.41, 5.74) is 5.14. The fraction of sp³-hybridized carbons (Fsp3) is 0.375. The number of piperazine rings is 1. The molecule has 2 aromatic carbocycles. The van der Waals surface area contributed by atoms with Gasteiger partial charge in [-0.3, -0.25) is 14.6 Å². The van der Waals surface area contributed by atoms with E-state index in [0.717, 1.165) is 49.3 Å². The molecule has 28 heavy (non-hydrogen) atoms. The van der Waals surface area contributed by atoms with Crippen LogP contribution in [0.15, 0.2) is 59.4 Å². The van der Waals surface area contributed by atoms with Crippen molar-refractivity contribution in [3.05, 3.63) is 81.6 Å². The molecule has 1 fully saturated rings. The molecule has 2 heterocycles. The van der Waals surface area contributed by atoms with E-state index >= 15 is 0 Å². The van der Waals surface area contributed by atoms with E-state index in [2.05, 4.69) is 39.0 Å². The van der Waals surface area contributed by atoms with Crippen LogP contribution in [0.25, 0.3) is 10.9 Å². The second-order valence-electron chi connectivity index (χ2n) is 8.18. The molecule has 1 aromatic heterocycles. The summed E-state index contributed by atoms with van der Waals surface area (Å²) in [5, 5.41) is 0.772. The lowest BCUT2D eigenvalue weighted by Crippen LogP contribution is -2.51. The zero-order valence-corrected chi connectivity index (χ0v) is 16.2. The van der Waals surface area contributed by atoms with Gasteiger partial charge in [0.1, 0.15) is 0 Å². The average molecular weight is 374 g/mol. The summed E-state index contributed by atoms with van der Waals surface area (Å²) in [6, 6.07) is 19.1. The van der Waals surface area contributed by atoms with E-state index in [1.54, 1.807) is 6.07 Å². The first-order valence-corrected chi connectivity index (χ1v) is 10.4. The third-order valence-corrected chi connectivity index (χ3v) is 6.43. The number of aromatic nitrogens is 1. The van der Waals surface area contributed by atoms with Crippen molar-refractivity contribution in [2.75, 3.05) is 26.2 Å². The molecule has 1 N–H and O–H groups in total. The van der Waals surface area contributed by atoms with Crippen molar-refractivity contribution in [3.63, 3.8) is 0 Å². The second-order valence-corrected chi connectivity index (χ2v) is 8.18. The fourth-order valence-electron chi connectivity index (χ4n) is 4.85. The second kappa shape index (κ2) is 7.53. The molecular formula is C24H27N3O. The molecule has 1 atom stereocenters. The van der Waals surface area contributed by atoms with Gasteiger partial charge < -0.3 is 4.98 Å². The number of hydrogen-bond donors (Lipinski definition) is 1. The number of hydrogen-bond acceptors (Lipinski definition) is 3. The van der Waals surface area contributed by atoms with Crippen LogP contribution in [-0.2, 0) is 19.4 Å². The van der Waals surface area contributed by atoms with E-state index in [1.807, 2.05) is 24.3 Å². The van der Waals surface area contributed by atoms with E-state index in [-0.39, 0.29) is 5.43 Å². The number of nitrogens with one attached hydrogen (secondary N) is 1. The molecule has 0 amide bonds. The van der Waals surface area contributed by atoms with E-state index in [1.165, 1.54) is 30.4 Å². The molecule has 144 valence electrons. The van der Waals surface area contributed by atoms with Crippen LogP contribution in [0.3, 0.4) is 0 Å². The van der Waals surface area contributed by atoms with Crippen molar-refractivity contribution in [3.8, 4) is 0 Å². The lowest BCUT2D eigenvalue weighted by molar-refractivity contribution is 0.0850. The largest absolute Gasteiger partial charge is 0.357 e. The number of aryl methyl sites for hydroxylation is 1. The van der Waals surface area contributed by atoms with Crippen LogP contribution in [0.5, 0.6) is 0 Å². The Balaban J connectivity index is 1.22. The van der Waals surface area contributed by atoms with Crippen molar-refractivity contribution in [1.29, 1.82) is 0 Å². The van der Waals surface area contributed by atoms with Gasteiger partial charge >= 0.3 is 0 Å². The van der Waals surface area contributed by atoms with Gasteiger partial charge in [0.2, 0.25) is 0 Å². The Morgan fingerprint density at radius 3 is 2.54 bits per heavy atom. The predicted octanol–water partition coefficient (Wildman–Crippen LogP) is 3.20. The van der Waals surface area contributed by atoms with Crippen LogP contribution < -0.4 is 5.43 Å². The van der Waals surface area contributed by atoms with Crippen LogP contribution in [0.2, 0.25) is 0 Å². The number of nitrogens with zero attached hydrogens (tertiary/aromatic N) is 2. The summed E-state index contributed by atoms with van der Waals surface area (Å²) in [6.45, 7) is 5.18. The zero-order valence-electron chi connectivity index (χ0n) is 16.2. The van der Waals surface area contributed by atoms with Crippen LogP contribution in [0, 0.1) is 0 Å². The lowest BCUT2D eigenvalue weighted by atomic mass is 9.87. The molecule has 4 heteroatoms. The Kier molecular flexibility index (Phi) is 4.75. The molecule has 0 unspecified atom stereocenters. The first-order chi connectivity index (χ1) is 13.8. The summed E-state index contributed by atoms with van der Waals surface area (Å²) >= 11 is 0. The highest BCUT2D eigenvalue weighted by Gasteiger charge is 2.27. The molecule has 2 aliphatic rings. The number of para-hydroxylation sites is 1. The number of aromatic amines is 1. The summed E-state index contributed by atoms with van der Waals surface area (Å²) < 4.78 is 0. The fourth-order valence-corrected chi connectivity index (χ4v) is 4.85. The van der Waals surface area contributed by atoms with Crippen LogP contribution in [0.4, 0.5) is 0 Å². The van der Waals surface area contributed by atoms with E-state index in [4.69, 9.17) is 0 Å². The third kappa shape index (κ3) is 3.50. The number of rotatable bonds is 3. The Morgan fingerprint density at radius 1 is 0.929 bits per heavy atom. The van der Waals surface area contributed by atoms with Gasteiger partial charge in [0.05, 0.1) is 0 Å². The minimum atomic E-state index is 0.115. The summed E-state index contributed by atoms with van der Waals surface area (Å²) in [5.74, 6) is 0. The van der Waals surface area contributed by atoms with Gasteiger partial charge in [0.25, 0.3) is 0 Å². The SMILES string of the molecule is O=c1cc(CN2CCN([C@H]3CCc4ccccc4C3)CC2)[nH]c2ccccc12. The standard InChI is InChI=1S/C24H27N3O/c28-24-16-20(25-23-8-4-3-7-22(23)24)17-26-11-13-27(14-12-26)21-10-9-18-5-1-2-6-19(18)15-21/h1-8,16,21H,9-15,17H2,(H,25,28)/t21-/m0/s1. The monoisotopic (exact) mass is 373 g/mol. The topological polar surface area (TPSA) is 39.3 Å². The molecule has 0 bridgehead atoms. The number of H-pyrrole nitrogens is 1. The third-order valence-electron chi connectivity index (χ3n) is 6.43. The van der Waals surface area contributed by atoms with Crippen LogP contribution in [-0.4, -0.2) is 47.0 Å². The molecular weight excluding hydrogens is 346 g/mol. The molecule has 1 aliphatic heterocycles. The number of fused-ring (bicyclic) bond motifs is 2. The van der Waals surface area contributed by atoms with E-state index in [9.17, 15) is 4.79 Å². The maximum atomic E-state index is 12.4. The predicted molar refractivity (Wildman–Crippen MR) is 114 cm³/mol. The Bertz CT molecular complexity index is 1030. The Labute approximate surface area is 165 Å². The lowest BCUT2D eigenvalue weighted by Gasteiger charge is -2.41. The molecule has 4 nitrogen and oxygen atoms in total. The molecule has 0 radical (unpaired) electrons. The van der Waals surface area contributed by atoms with Gasteiger partial charge in [-0.2, -0.15) is 0 Å². The quantitative estimate of drug-likeness (QED) is 0.766. The Morgan fingerprint density at radius 2 is 1.68 bits per heavy atom. The summed E-state index contributed by atoms with van der Waals surface area (Å²) in [4.78, 5) is 20.9. The highest BCUT2D eigenvalue weighted by atomic mass is 16.1. The average Bonchev–Trinajstić information content (AvgIpc) is 2.74. The van der Waals surface area contributed by atoms with Crippen molar-refractivity contribution in [2.24, 2.45) is 0 Å². The number of benzene rings is 2. The summed E-state index contributed by atoms with van der Waals surface area (Å²) in [7, 11) is 0. The van der Waals surface area contributed by atoms with Gasteiger partial charge in [-0.25, -0.2) is 0 Å². The Hall–Kier alpha value is -2.43. The minimum absolute atomic E-state index is 0.115. The number of pyridine rings is 1. The van der Waals surface area contributed by atoms with Gasteiger partial charge in [0.15, 0.2) is 5.43 Å². The first kappa shape index (κ1) is 17.7. The minimum Gasteiger partial charge on any atom is -0.357 e. The summed E-state index contributed by atoms with van der Waals surface area (Å²) in [6.07, 6.45) is 3.67. The molecule has 1 aliphatic carbocycles. The van der Waals surface area contributed by atoms with E-state index < -0.39 is 0 Å².